The standard InChI is InChI=1S/C20H25PS/c1-2-8-16(9-3-1)20-19(14-15-22-20)21(17-10-4-5-11-17)18-12-6-7-13-18/h1-3,8-9,14-15,17-18H,4-7,10-13H2. The van der Waals surface area contributed by atoms with Gasteiger partial charge in [0.2, 0.25) is 0 Å². The van der Waals surface area contributed by atoms with Gasteiger partial charge in [0.05, 0.1) is 0 Å². The van der Waals surface area contributed by atoms with Crippen LogP contribution in [0.5, 0.6) is 0 Å². The first-order valence-corrected chi connectivity index (χ1v) is 11.2. The molecule has 1 aromatic heterocycles. The van der Waals surface area contributed by atoms with Crippen molar-refractivity contribution < 1.29 is 0 Å². The van der Waals surface area contributed by atoms with Gasteiger partial charge in [-0.25, -0.2) is 0 Å². The summed E-state index contributed by atoms with van der Waals surface area (Å²) in [6, 6.07) is 13.6. The average molecular weight is 328 g/mol. The van der Waals surface area contributed by atoms with E-state index in [1.807, 2.05) is 11.3 Å². The van der Waals surface area contributed by atoms with Crippen molar-refractivity contribution in [2.24, 2.45) is 0 Å². The van der Waals surface area contributed by atoms with E-state index in [1.54, 1.807) is 10.2 Å². The summed E-state index contributed by atoms with van der Waals surface area (Å²) < 4.78 is 0. The molecule has 1 heterocycles. The van der Waals surface area contributed by atoms with E-state index in [2.05, 4.69) is 41.8 Å². The molecule has 116 valence electrons. The molecular formula is C20H25PS. The lowest BCUT2D eigenvalue weighted by Crippen LogP contribution is -2.19. The van der Waals surface area contributed by atoms with E-state index >= 15 is 0 Å². The number of hydrogen-bond donors (Lipinski definition) is 0. The van der Waals surface area contributed by atoms with Crippen LogP contribution in [0.2, 0.25) is 0 Å². The Labute approximate surface area is 139 Å². The zero-order valence-electron chi connectivity index (χ0n) is 13.2. The molecule has 2 aromatic rings. The first-order chi connectivity index (χ1) is 10.9. The normalized spacial score (nSPS) is 20.2. The molecule has 0 bridgehead atoms. The molecule has 2 fully saturated rings. The van der Waals surface area contributed by atoms with Crippen LogP contribution >= 0.6 is 19.3 Å². The summed E-state index contributed by atoms with van der Waals surface area (Å²) in [7, 11) is 0.0450. The molecule has 4 rings (SSSR count). The Morgan fingerprint density at radius 3 is 1.95 bits per heavy atom. The predicted octanol–water partition coefficient (Wildman–Crippen LogP) is 6.41. The third-order valence-electron chi connectivity index (χ3n) is 5.39. The van der Waals surface area contributed by atoms with Crippen LogP contribution < -0.4 is 5.30 Å². The number of hydrogen-bond acceptors (Lipinski definition) is 1. The van der Waals surface area contributed by atoms with Crippen molar-refractivity contribution in [3.63, 3.8) is 0 Å². The minimum absolute atomic E-state index is 0.0450. The second kappa shape index (κ2) is 6.85. The molecule has 0 unspecified atom stereocenters. The van der Waals surface area contributed by atoms with Crippen molar-refractivity contribution in [1.82, 2.24) is 0 Å². The van der Waals surface area contributed by atoms with Gasteiger partial charge < -0.3 is 0 Å². The minimum Gasteiger partial charge on any atom is -0.143 e. The second-order valence-corrected chi connectivity index (χ2v) is 10.5. The lowest BCUT2D eigenvalue weighted by Gasteiger charge is -2.30. The van der Waals surface area contributed by atoms with Crippen molar-refractivity contribution in [1.29, 1.82) is 0 Å². The maximum Gasteiger partial charge on any atom is 0.0419 e. The van der Waals surface area contributed by atoms with E-state index in [4.69, 9.17) is 0 Å². The van der Waals surface area contributed by atoms with Crippen molar-refractivity contribution in [3.8, 4) is 10.4 Å². The summed E-state index contributed by atoms with van der Waals surface area (Å²) in [6.45, 7) is 0. The van der Waals surface area contributed by atoms with Gasteiger partial charge in [0, 0.05) is 4.88 Å². The van der Waals surface area contributed by atoms with Gasteiger partial charge in [0.1, 0.15) is 0 Å². The number of benzene rings is 1. The van der Waals surface area contributed by atoms with E-state index < -0.39 is 0 Å². The molecule has 0 spiro atoms. The summed E-state index contributed by atoms with van der Waals surface area (Å²) in [5.41, 5.74) is 3.46. The van der Waals surface area contributed by atoms with Gasteiger partial charge >= 0.3 is 0 Å². The first kappa shape index (κ1) is 14.9. The van der Waals surface area contributed by atoms with Gasteiger partial charge in [-0.1, -0.05) is 63.9 Å². The van der Waals surface area contributed by atoms with Crippen molar-refractivity contribution in [3.05, 3.63) is 41.8 Å². The topological polar surface area (TPSA) is 0 Å². The van der Waals surface area contributed by atoms with Crippen molar-refractivity contribution in [2.45, 2.75) is 62.7 Å². The smallest absolute Gasteiger partial charge is 0.0419 e. The van der Waals surface area contributed by atoms with E-state index in [1.165, 1.54) is 56.9 Å². The zero-order chi connectivity index (χ0) is 14.8. The monoisotopic (exact) mass is 328 g/mol. The molecule has 2 aliphatic rings. The molecule has 0 aliphatic heterocycles. The van der Waals surface area contributed by atoms with Gasteiger partial charge in [0.15, 0.2) is 0 Å². The number of thiophene rings is 1. The van der Waals surface area contributed by atoms with Gasteiger partial charge in [-0.15, -0.1) is 11.3 Å². The third kappa shape index (κ3) is 2.91. The fourth-order valence-corrected chi connectivity index (χ4v) is 9.58. The molecule has 22 heavy (non-hydrogen) atoms. The highest BCUT2D eigenvalue weighted by Crippen LogP contribution is 2.57. The SMILES string of the molecule is c1ccc(-c2sccc2P(C2CCCC2)C2CCCC2)cc1. The van der Waals surface area contributed by atoms with Crippen LogP contribution in [0.4, 0.5) is 0 Å². The van der Waals surface area contributed by atoms with Crippen LogP contribution in [-0.2, 0) is 0 Å². The van der Waals surface area contributed by atoms with Gasteiger partial charge in [0.25, 0.3) is 0 Å². The molecule has 0 nitrogen and oxygen atoms in total. The maximum absolute atomic E-state index is 2.48. The summed E-state index contributed by atoms with van der Waals surface area (Å²) in [4.78, 5) is 1.57. The van der Waals surface area contributed by atoms with E-state index in [0.29, 0.717) is 0 Å². The predicted molar refractivity (Wildman–Crippen MR) is 101 cm³/mol. The molecule has 2 saturated carbocycles. The highest BCUT2D eigenvalue weighted by Gasteiger charge is 2.35. The highest BCUT2D eigenvalue weighted by molar-refractivity contribution is 7.68. The Bertz CT molecular complexity index is 575. The van der Waals surface area contributed by atoms with Crippen LogP contribution in [0.3, 0.4) is 0 Å². The largest absolute Gasteiger partial charge is 0.143 e. The lowest BCUT2D eigenvalue weighted by atomic mass is 10.2. The maximum atomic E-state index is 2.48. The van der Waals surface area contributed by atoms with Gasteiger partial charge in [-0.05, 0) is 59.3 Å². The Kier molecular flexibility index (Phi) is 4.64. The zero-order valence-corrected chi connectivity index (χ0v) is 14.9. The molecule has 0 saturated heterocycles. The molecule has 2 aliphatic carbocycles. The van der Waals surface area contributed by atoms with Crippen LogP contribution in [0.15, 0.2) is 41.8 Å². The van der Waals surface area contributed by atoms with E-state index in [9.17, 15) is 0 Å². The lowest BCUT2D eigenvalue weighted by molar-refractivity contribution is 0.836. The Balaban J connectivity index is 1.72. The third-order valence-corrected chi connectivity index (χ3v) is 10.0. The van der Waals surface area contributed by atoms with Crippen LogP contribution in [0, 0.1) is 0 Å². The van der Waals surface area contributed by atoms with Crippen LogP contribution in [-0.4, -0.2) is 11.3 Å². The van der Waals surface area contributed by atoms with Crippen molar-refractivity contribution in [2.75, 3.05) is 0 Å². The summed E-state index contributed by atoms with van der Waals surface area (Å²) in [5, 5.41) is 4.08. The van der Waals surface area contributed by atoms with Crippen molar-refractivity contribution >= 4 is 24.6 Å². The quantitative estimate of drug-likeness (QED) is 0.569. The van der Waals surface area contributed by atoms with E-state index in [0.717, 1.165) is 11.3 Å². The molecule has 0 atom stereocenters. The summed E-state index contributed by atoms with van der Waals surface area (Å²) in [5.74, 6) is 0. The molecular weight excluding hydrogens is 303 g/mol. The fraction of sp³-hybridized carbons (Fsp3) is 0.500. The Morgan fingerprint density at radius 1 is 0.773 bits per heavy atom. The minimum atomic E-state index is 0.0450. The summed E-state index contributed by atoms with van der Waals surface area (Å²) >= 11 is 1.96. The molecule has 0 radical (unpaired) electrons. The Hall–Kier alpha value is -0.650. The first-order valence-electron chi connectivity index (χ1n) is 8.85. The Morgan fingerprint density at radius 2 is 1.36 bits per heavy atom. The fourth-order valence-electron chi connectivity index (χ4n) is 4.37. The molecule has 2 heteroatoms. The molecule has 0 N–H and O–H groups in total. The van der Waals surface area contributed by atoms with E-state index in [-0.39, 0.29) is 7.92 Å². The van der Waals surface area contributed by atoms with Gasteiger partial charge in [-0.2, -0.15) is 0 Å². The molecule has 0 amide bonds. The van der Waals surface area contributed by atoms with Crippen LogP contribution in [0.1, 0.15) is 51.4 Å². The van der Waals surface area contributed by atoms with Crippen LogP contribution in [0.25, 0.3) is 10.4 Å². The highest BCUT2D eigenvalue weighted by atomic mass is 32.1. The van der Waals surface area contributed by atoms with Gasteiger partial charge in [-0.3, -0.25) is 0 Å². The number of rotatable bonds is 4. The average Bonchev–Trinajstić information content (AvgIpc) is 3.32. The molecule has 1 aromatic carbocycles. The summed E-state index contributed by atoms with van der Waals surface area (Å²) in [6.07, 6.45) is 11.9. The second-order valence-electron chi connectivity index (χ2n) is 6.78.